The molecule has 1 aromatic rings. The van der Waals surface area contributed by atoms with Crippen molar-refractivity contribution < 1.29 is 0 Å². The molecular formula is C9H15NS. The van der Waals surface area contributed by atoms with Crippen LogP contribution < -0.4 is 0 Å². The summed E-state index contributed by atoms with van der Waals surface area (Å²) in [5, 5.41) is 3.49. The Balaban J connectivity index is 0.000000281. The lowest BCUT2D eigenvalue weighted by atomic mass is 10.4. The van der Waals surface area contributed by atoms with E-state index in [1.165, 1.54) is 23.5 Å². The Morgan fingerprint density at radius 2 is 2.09 bits per heavy atom. The Hall–Kier alpha value is -0.370. The van der Waals surface area contributed by atoms with Crippen LogP contribution in [0.5, 0.6) is 0 Å². The largest absolute Gasteiger partial charge is 0.246 e. The second-order valence-corrected chi connectivity index (χ2v) is 3.49. The third-order valence-corrected chi connectivity index (χ3v) is 2.69. The molecule has 0 atom stereocenters. The van der Waals surface area contributed by atoms with E-state index >= 15 is 0 Å². The fourth-order valence-electron chi connectivity index (χ4n) is 0.890. The summed E-state index contributed by atoms with van der Waals surface area (Å²) in [5.74, 6) is 0.837. The summed E-state index contributed by atoms with van der Waals surface area (Å²) in [5.41, 5.74) is 1.18. The number of aromatic nitrogens is 1. The van der Waals surface area contributed by atoms with Gasteiger partial charge in [0.15, 0.2) is 0 Å². The molecule has 2 heteroatoms. The highest BCUT2D eigenvalue weighted by Crippen LogP contribution is 2.41. The molecule has 1 heterocycles. The molecule has 0 bridgehead atoms. The first-order chi connectivity index (χ1) is 5.36. The highest BCUT2D eigenvalue weighted by Gasteiger charge is 2.25. The maximum Gasteiger partial charge on any atom is 0.0959 e. The number of hydrogen-bond acceptors (Lipinski definition) is 2. The van der Waals surface area contributed by atoms with Gasteiger partial charge in [0.2, 0.25) is 0 Å². The van der Waals surface area contributed by atoms with Gasteiger partial charge in [-0.2, -0.15) is 0 Å². The van der Waals surface area contributed by atoms with Crippen LogP contribution in [0.4, 0.5) is 0 Å². The van der Waals surface area contributed by atoms with Gasteiger partial charge in [-0.05, 0) is 19.8 Å². The fourth-order valence-corrected chi connectivity index (χ4v) is 1.86. The fraction of sp³-hybridized carbons (Fsp3) is 0.667. The molecule has 0 amide bonds. The van der Waals surface area contributed by atoms with E-state index < -0.39 is 0 Å². The summed E-state index contributed by atoms with van der Waals surface area (Å²) < 4.78 is 0. The molecule has 0 radical (unpaired) electrons. The molecule has 2 rings (SSSR count). The molecule has 0 saturated heterocycles. The normalized spacial score (nSPS) is 15.5. The van der Waals surface area contributed by atoms with E-state index in [-0.39, 0.29) is 0 Å². The van der Waals surface area contributed by atoms with E-state index in [1.807, 2.05) is 25.2 Å². The van der Waals surface area contributed by atoms with Crippen LogP contribution in [0.2, 0.25) is 0 Å². The Morgan fingerprint density at radius 1 is 1.45 bits per heavy atom. The number of hydrogen-bond donors (Lipinski definition) is 0. The van der Waals surface area contributed by atoms with Crippen molar-refractivity contribution in [1.82, 2.24) is 4.98 Å². The van der Waals surface area contributed by atoms with E-state index in [9.17, 15) is 0 Å². The summed E-state index contributed by atoms with van der Waals surface area (Å²) in [6, 6.07) is 0. The lowest BCUT2D eigenvalue weighted by Crippen LogP contribution is -1.75. The van der Waals surface area contributed by atoms with Crippen molar-refractivity contribution in [3.63, 3.8) is 0 Å². The third-order valence-electron chi connectivity index (χ3n) is 1.56. The number of nitrogens with zero attached hydrogens (tertiary/aromatic N) is 1. The molecule has 1 aliphatic rings. The summed E-state index contributed by atoms with van der Waals surface area (Å²) >= 11 is 1.81. The first-order valence-electron chi connectivity index (χ1n) is 4.28. The molecule has 1 saturated carbocycles. The summed E-state index contributed by atoms with van der Waals surface area (Å²) in [6.45, 7) is 6.06. The predicted octanol–water partition coefficient (Wildman–Crippen LogP) is 3.36. The summed E-state index contributed by atoms with van der Waals surface area (Å²) in [7, 11) is 0. The predicted molar refractivity (Wildman–Crippen MR) is 50.2 cm³/mol. The molecule has 0 aromatic carbocycles. The zero-order chi connectivity index (χ0) is 8.27. The zero-order valence-corrected chi connectivity index (χ0v) is 8.24. The van der Waals surface area contributed by atoms with E-state index in [0.717, 1.165) is 5.92 Å². The maximum absolute atomic E-state index is 4.39. The van der Waals surface area contributed by atoms with Crippen molar-refractivity contribution in [2.45, 2.75) is 39.5 Å². The van der Waals surface area contributed by atoms with Crippen LogP contribution in [0.1, 0.15) is 43.3 Å². The van der Waals surface area contributed by atoms with Gasteiger partial charge in [-0.3, -0.25) is 0 Å². The van der Waals surface area contributed by atoms with Crippen molar-refractivity contribution in [3.8, 4) is 0 Å². The summed E-state index contributed by atoms with van der Waals surface area (Å²) in [4.78, 5) is 4.39. The number of thiazole rings is 1. The Bertz CT molecular complexity index is 213. The zero-order valence-electron chi connectivity index (χ0n) is 7.42. The minimum atomic E-state index is 0.837. The van der Waals surface area contributed by atoms with Crippen LogP contribution in [0.15, 0.2) is 5.38 Å². The quantitative estimate of drug-likeness (QED) is 0.628. The van der Waals surface area contributed by atoms with E-state index in [4.69, 9.17) is 0 Å². The molecule has 62 valence electrons. The summed E-state index contributed by atoms with van der Waals surface area (Å²) in [6.07, 6.45) is 2.74. The Labute approximate surface area is 72.5 Å². The highest BCUT2D eigenvalue weighted by atomic mass is 32.1. The van der Waals surface area contributed by atoms with Crippen molar-refractivity contribution in [2.24, 2.45) is 0 Å². The van der Waals surface area contributed by atoms with Gasteiger partial charge in [0.25, 0.3) is 0 Å². The van der Waals surface area contributed by atoms with Crippen molar-refractivity contribution in [1.29, 1.82) is 0 Å². The van der Waals surface area contributed by atoms with Crippen LogP contribution in [-0.2, 0) is 0 Å². The van der Waals surface area contributed by atoms with E-state index in [1.54, 1.807) is 0 Å². The standard InChI is InChI=1S/C7H9NS.C2H6/c1-5-4-9-7(8-5)6-2-3-6;1-2/h4,6H,2-3H2,1H3;1-2H3. The smallest absolute Gasteiger partial charge is 0.0959 e. The molecule has 0 N–H and O–H groups in total. The minimum Gasteiger partial charge on any atom is -0.246 e. The first kappa shape index (κ1) is 8.72. The highest BCUT2D eigenvalue weighted by molar-refractivity contribution is 7.09. The Kier molecular flexibility index (Phi) is 3.06. The average molecular weight is 169 g/mol. The van der Waals surface area contributed by atoms with Crippen LogP contribution in [0.25, 0.3) is 0 Å². The maximum atomic E-state index is 4.39. The second-order valence-electron chi connectivity index (χ2n) is 2.60. The van der Waals surface area contributed by atoms with Crippen LogP contribution in [0.3, 0.4) is 0 Å². The SMILES string of the molecule is CC.Cc1csc(C2CC2)n1. The first-order valence-corrected chi connectivity index (χ1v) is 5.16. The van der Waals surface area contributed by atoms with Gasteiger partial charge in [-0.15, -0.1) is 11.3 Å². The molecule has 1 aromatic heterocycles. The second kappa shape index (κ2) is 3.86. The Morgan fingerprint density at radius 3 is 2.45 bits per heavy atom. The van der Waals surface area contributed by atoms with Gasteiger partial charge in [0.05, 0.1) is 5.01 Å². The van der Waals surface area contributed by atoms with Crippen LogP contribution in [0, 0.1) is 6.92 Å². The molecule has 0 aliphatic heterocycles. The molecule has 0 spiro atoms. The van der Waals surface area contributed by atoms with Gasteiger partial charge in [0.1, 0.15) is 0 Å². The van der Waals surface area contributed by atoms with Crippen molar-refractivity contribution in [3.05, 3.63) is 16.1 Å². The van der Waals surface area contributed by atoms with Crippen molar-refractivity contribution >= 4 is 11.3 Å². The lowest BCUT2D eigenvalue weighted by Gasteiger charge is -1.82. The average Bonchev–Trinajstić information content (AvgIpc) is 2.80. The van der Waals surface area contributed by atoms with Gasteiger partial charge < -0.3 is 0 Å². The van der Waals surface area contributed by atoms with E-state index in [2.05, 4.69) is 17.3 Å². The van der Waals surface area contributed by atoms with Crippen LogP contribution in [-0.4, -0.2) is 4.98 Å². The topological polar surface area (TPSA) is 12.9 Å². The number of rotatable bonds is 1. The third kappa shape index (κ3) is 2.29. The van der Waals surface area contributed by atoms with Gasteiger partial charge in [0, 0.05) is 17.0 Å². The minimum absolute atomic E-state index is 0.837. The van der Waals surface area contributed by atoms with Crippen molar-refractivity contribution in [2.75, 3.05) is 0 Å². The lowest BCUT2D eigenvalue weighted by molar-refractivity contribution is 1.06. The molecule has 1 nitrogen and oxygen atoms in total. The molecule has 1 aliphatic carbocycles. The molecule has 1 fully saturated rings. The van der Waals surface area contributed by atoms with Gasteiger partial charge in [-0.1, -0.05) is 13.8 Å². The van der Waals surface area contributed by atoms with Gasteiger partial charge in [-0.25, -0.2) is 4.98 Å². The molecular weight excluding hydrogens is 154 g/mol. The van der Waals surface area contributed by atoms with Crippen LogP contribution >= 0.6 is 11.3 Å². The van der Waals surface area contributed by atoms with E-state index in [0.29, 0.717) is 0 Å². The number of aryl methyl sites for hydroxylation is 1. The molecule has 0 unspecified atom stereocenters. The monoisotopic (exact) mass is 169 g/mol. The molecule has 11 heavy (non-hydrogen) atoms. The van der Waals surface area contributed by atoms with Gasteiger partial charge >= 0.3 is 0 Å².